The van der Waals surface area contributed by atoms with E-state index in [1.807, 2.05) is 54.6 Å². The van der Waals surface area contributed by atoms with Crippen LogP contribution in [0.3, 0.4) is 0 Å². The van der Waals surface area contributed by atoms with Crippen LogP contribution in [0.15, 0.2) is 72.8 Å². The Bertz CT molecular complexity index is 890. The van der Waals surface area contributed by atoms with Crippen LogP contribution in [0.4, 0.5) is 10.1 Å². The highest BCUT2D eigenvalue weighted by atomic mass is 19.1. The van der Waals surface area contributed by atoms with Crippen LogP contribution in [0.5, 0.6) is 0 Å². The van der Waals surface area contributed by atoms with Crippen molar-refractivity contribution in [3.63, 3.8) is 0 Å². The second kappa shape index (κ2) is 7.31. The molecule has 0 spiro atoms. The maximum absolute atomic E-state index is 14.2. The summed E-state index contributed by atoms with van der Waals surface area (Å²) in [5.74, 6) is -0.450. The van der Waals surface area contributed by atoms with E-state index < -0.39 is 0 Å². The van der Waals surface area contributed by atoms with Gasteiger partial charge in [-0.1, -0.05) is 66.7 Å². The zero-order valence-electron chi connectivity index (χ0n) is 14.4. The lowest BCUT2D eigenvalue weighted by molar-refractivity contribution is -0.117. The second-order valence-electron chi connectivity index (χ2n) is 6.06. The lowest BCUT2D eigenvalue weighted by Crippen LogP contribution is -2.28. The van der Waals surface area contributed by atoms with E-state index >= 15 is 0 Å². The number of rotatable bonds is 4. The van der Waals surface area contributed by atoms with E-state index in [1.165, 1.54) is 0 Å². The Morgan fingerprint density at radius 1 is 0.920 bits per heavy atom. The molecule has 0 saturated heterocycles. The van der Waals surface area contributed by atoms with Gasteiger partial charge in [0.1, 0.15) is 5.82 Å². The molecule has 3 aromatic rings. The highest BCUT2D eigenvalue weighted by molar-refractivity contribution is 5.98. The van der Waals surface area contributed by atoms with E-state index in [2.05, 4.69) is 0 Å². The number of hydrogen-bond acceptors (Lipinski definition) is 1. The van der Waals surface area contributed by atoms with Crippen molar-refractivity contribution >= 4 is 11.6 Å². The molecule has 25 heavy (non-hydrogen) atoms. The van der Waals surface area contributed by atoms with Crippen molar-refractivity contribution in [2.45, 2.75) is 13.3 Å². The molecule has 0 radical (unpaired) electrons. The highest BCUT2D eigenvalue weighted by Gasteiger charge is 2.17. The Hall–Kier alpha value is -2.94. The fourth-order valence-electron chi connectivity index (χ4n) is 2.89. The maximum atomic E-state index is 14.2. The Morgan fingerprint density at radius 2 is 1.60 bits per heavy atom. The first-order valence-corrected chi connectivity index (χ1v) is 8.23. The molecule has 3 aromatic carbocycles. The highest BCUT2D eigenvalue weighted by Crippen LogP contribution is 2.30. The van der Waals surface area contributed by atoms with Crippen molar-refractivity contribution in [1.82, 2.24) is 0 Å². The third-order valence-corrected chi connectivity index (χ3v) is 4.34. The van der Waals surface area contributed by atoms with Gasteiger partial charge in [0, 0.05) is 12.6 Å². The Balaban J connectivity index is 1.90. The van der Waals surface area contributed by atoms with E-state index in [0.29, 0.717) is 11.1 Å². The van der Waals surface area contributed by atoms with E-state index in [-0.39, 0.29) is 18.1 Å². The molecular formula is C22H20FNO. The molecule has 126 valence electrons. The lowest BCUT2D eigenvalue weighted by atomic mass is 10.0. The Kier molecular flexibility index (Phi) is 4.94. The van der Waals surface area contributed by atoms with Gasteiger partial charge in [-0.3, -0.25) is 4.79 Å². The van der Waals surface area contributed by atoms with Gasteiger partial charge in [-0.25, -0.2) is 4.39 Å². The van der Waals surface area contributed by atoms with Gasteiger partial charge >= 0.3 is 0 Å². The van der Waals surface area contributed by atoms with Crippen LogP contribution in [-0.2, 0) is 11.2 Å². The number of carbonyl (C=O) groups is 1. The molecule has 2 nitrogen and oxygen atoms in total. The van der Waals surface area contributed by atoms with E-state index in [4.69, 9.17) is 0 Å². The van der Waals surface area contributed by atoms with Crippen LogP contribution in [0.2, 0.25) is 0 Å². The topological polar surface area (TPSA) is 20.3 Å². The van der Waals surface area contributed by atoms with Crippen LogP contribution in [0, 0.1) is 12.7 Å². The molecule has 1 amide bonds. The van der Waals surface area contributed by atoms with Gasteiger partial charge in [-0.2, -0.15) is 0 Å². The summed E-state index contributed by atoms with van der Waals surface area (Å²) in [4.78, 5) is 14.3. The van der Waals surface area contributed by atoms with E-state index in [1.54, 1.807) is 37.1 Å². The molecule has 0 aliphatic heterocycles. The number of para-hydroxylation sites is 1. The first-order chi connectivity index (χ1) is 12.1. The lowest BCUT2D eigenvalue weighted by Gasteiger charge is -2.21. The number of carbonyl (C=O) groups excluding carboxylic acids is 1. The van der Waals surface area contributed by atoms with Crippen molar-refractivity contribution in [2.24, 2.45) is 0 Å². The largest absolute Gasteiger partial charge is 0.315 e. The molecule has 0 aliphatic rings. The van der Waals surface area contributed by atoms with Gasteiger partial charge in [0.25, 0.3) is 0 Å². The Labute approximate surface area is 147 Å². The quantitative estimate of drug-likeness (QED) is 0.657. The number of aryl methyl sites for hydroxylation is 1. The van der Waals surface area contributed by atoms with Gasteiger partial charge in [0.05, 0.1) is 12.1 Å². The van der Waals surface area contributed by atoms with Crippen LogP contribution in [0.1, 0.15) is 11.1 Å². The number of amides is 1. The predicted octanol–water partition coefficient (Wildman–Crippen LogP) is 5.01. The van der Waals surface area contributed by atoms with Gasteiger partial charge in [-0.05, 0) is 29.7 Å². The molecule has 0 atom stereocenters. The van der Waals surface area contributed by atoms with Crippen molar-refractivity contribution in [1.29, 1.82) is 0 Å². The van der Waals surface area contributed by atoms with E-state index in [9.17, 15) is 9.18 Å². The summed E-state index contributed by atoms with van der Waals surface area (Å²) in [6.45, 7) is 1.71. The number of likely N-dealkylation sites (N-methyl/N-ethyl adjacent to an activating group) is 1. The minimum Gasteiger partial charge on any atom is -0.315 e. The summed E-state index contributed by atoms with van der Waals surface area (Å²) in [7, 11) is 1.73. The first kappa shape index (κ1) is 16.9. The summed E-state index contributed by atoms with van der Waals surface area (Å²) < 4.78 is 14.2. The van der Waals surface area contributed by atoms with Crippen molar-refractivity contribution < 1.29 is 9.18 Å². The van der Waals surface area contributed by atoms with E-state index in [0.717, 1.165) is 16.8 Å². The monoisotopic (exact) mass is 333 g/mol. The number of anilines is 1. The molecule has 0 bridgehead atoms. The van der Waals surface area contributed by atoms with Gasteiger partial charge in [-0.15, -0.1) is 0 Å². The molecule has 0 aromatic heterocycles. The predicted molar refractivity (Wildman–Crippen MR) is 100 cm³/mol. The summed E-state index contributed by atoms with van der Waals surface area (Å²) in [5.41, 5.74) is 3.81. The summed E-state index contributed by atoms with van der Waals surface area (Å²) in [6, 6.07) is 22.8. The van der Waals surface area contributed by atoms with Crippen LogP contribution in [-0.4, -0.2) is 13.0 Å². The zero-order valence-corrected chi connectivity index (χ0v) is 14.4. The zero-order chi connectivity index (χ0) is 17.8. The number of nitrogens with zero attached hydrogens (tertiary/aromatic N) is 1. The van der Waals surface area contributed by atoms with Crippen molar-refractivity contribution in [3.8, 4) is 11.1 Å². The van der Waals surface area contributed by atoms with Crippen LogP contribution < -0.4 is 4.90 Å². The average Bonchev–Trinajstić information content (AvgIpc) is 2.65. The summed E-state index contributed by atoms with van der Waals surface area (Å²) in [6.07, 6.45) is 0.0349. The normalized spacial score (nSPS) is 10.5. The van der Waals surface area contributed by atoms with Gasteiger partial charge in [0.15, 0.2) is 0 Å². The smallest absolute Gasteiger partial charge is 0.231 e. The molecule has 0 aliphatic carbocycles. The van der Waals surface area contributed by atoms with Gasteiger partial charge < -0.3 is 4.90 Å². The Morgan fingerprint density at radius 3 is 2.36 bits per heavy atom. The molecule has 3 rings (SSSR count). The third kappa shape index (κ3) is 3.61. The van der Waals surface area contributed by atoms with Crippen molar-refractivity contribution in [3.05, 3.63) is 89.7 Å². The van der Waals surface area contributed by atoms with Crippen molar-refractivity contribution in [2.75, 3.05) is 11.9 Å². The summed E-state index contributed by atoms with van der Waals surface area (Å²) >= 11 is 0. The fourth-order valence-corrected chi connectivity index (χ4v) is 2.89. The molecule has 0 fully saturated rings. The van der Waals surface area contributed by atoms with Crippen LogP contribution in [0.25, 0.3) is 11.1 Å². The molecule has 0 N–H and O–H groups in total. The minimum atomic E-state index is -0.305. The first-order valence-electron chi connectivity index (χ1n) is 8.23. The third-order valence-electron chi connectivity index (χ3n) is 4.34. The molecule has 3 heteroatoms. The average molecular weight is 333 g/mol. The SMILES string of the molecule is Cc1cccc(CC(=O)N(C)c2ccccc2-c2ccccc2)c1F. The molecule has 0 heterocycles. The standard InChI is InChI=1S/C22H20FNO/c1-16-9-8-12-18(22(16)23)15-21(25)24(2)20-14-7-6-13-19(20)17-10-4-3-5-11-17/h3-14H,15H2,1-2H3. The summed E-state index contributed by atoms with van der Waals surface area (Å²) in [5, 5.41) is 0. The molecule has 0 unspecified atom stereocenters. The molecule has 0 saturated carbocycles. The number of hydrogen-bond donors (Lipinski definition) is 0. The number of halogens is 1. The fraction of sp³-hybridized carbons (Fsp3) is 0.136. The second-order valence-corrected chi connectivity index (χ2v) is 6.06. The number of benzene rings is 3. The maximum Gasteiger partial charge on any atom is 0.231 e. The minimum absolute atomic E-state index is 0.0349. The van der Waals surface area contributed by atoms with Gasteiger partial charge in [0.2, 0.25) is 5.91 Å². The molecular weight excluding hydrogens is 313 g/mol. The van der Waals surface area contributed by atoms with Crippen LogP contribution >= 0.6 is 0 Å².